The summed E-state index contributed by atoms with van der Waals surface area (Å²) in [6.45, 7) is 0. The third-order valence-electron chi connectivity index (χ3n) is 2.36. The molecule has 0 radical (unpaired) electrons. The molecular weight excluding hydrogens is 386 g/mol. The molecule has 104 valence electrons. The van der Waals surface area contributed by atoms with Crippen molar-refractivity contribution >= 4 is 67.8 Å². The Labute approximate surface area is 139 Å². The number of anilines is 2. The molecule has 0 saturated heterocycles. The zero-order valence-corrected chi connectivity index (χ0v) is 13.8. The maximum absolute atomic E-state index is 13.0. The molecule has 2 rings (SSSR count). The van der Waals surface area contributed by atoms with Crippen molar-refractivity contribution in [3.05, 3.63) is 56.7 Å². The van der Waals surface area contributed by atoms with Gasteiger partial charge >= 0.3 is 0 Å². The number of nitrogens with one attached hydrogen (secondary N) is 2. The zero-order chi connectivity index (χ0) is 14.7. The van der Waals surface area contributed by atoms with Gasteiger partial charge in [0.2, 0.25) is 0 Å². The maximum atomic E-state index is 13.0. The summed E-state index contributed by atoms with van der Waals surface area (Å²) in [5.74, 6) is -0.480. The molecule has 7 heteroatoms. The lowest BCUT2D eigenvalue weighted by atomic mass is 10.3. The predicted octanol–water partition coefficient (Wildman–Crippen LogP) is 5.70. The lowest BCUT2D eigenvalue weighted by Gasteiger charge is -2.12. The first-order chi connectivity index (χ1) is 9.45. The SMILES string of the molecule is Fc1ccc(NC(=S)Nc2ccc(Br)cc2Cl)cc1Cl. The van der Waals surface area contributed by atoms with E-state index in [0.717, 1.165) is 4.47 Å². The molecule has 0 spiro atoms. The van der Waals surface area contributed by atoms with Gasteiger partial charge in [0.05, 0.1) is 15.7 Å². The van der Waals surface area contributed by atoms with Crippen LogP contribution in [0.2, 0.25) is 10.0 Å². The summed E-state index contributed by atoms with van der Waals surface area (Å²) < 4.78 is 13.9. The molecule has 0 aliphatic rings. The highest BCUT2D eigenvalue weighted by atomic mass is 79.9. The molecule has 0 atom stereocenters. The second kappa shape index (κ2) is 6.72. The molecule has 0 heterocycles. The Morgan fingerprint density at radius 3 is 2.45 bits per heavy atom. The smallest absolute Gasteiger partial charge is 0.175 e. The van der Waals surface area contributed by atoms with E-state index >= 15 is 0 Å². The molecular formula is C13H8BrCl2FN2S. The molecule has 0 bridgehead atoms. The number of benzene rings is 2. The molecule has 2 nitrogen and oxygen atoms in total. The van der Waals surface area contributed by atoms with E-state index in [0.29, 0.717) is 21.5 Å². The molecule has 0 aliphatic carbocycles. The van der Waals surface area contributed by atoms with Crippen LogP contribution in [0.3, 0.4) is 0 Å². The molecule has 0 aromatic heterocycles. The summed E-state index contributed by atoms with van der Waals surface area (Å²) in [5, 5.41) is 6.74. The van der Waals surface area contributed by atoms with Crippen molar-refractivity contribution in [2.24, 2.45) is 0 Å². The van der Waals surface area contributed by atoms with Gasteiger partial charge in [0.15, 0.2) is 5.11 Å². The molecule has 2 aromatic carbocycles. The van der Waals surface area contributed by atoms with Gasteiger partial charge < -0.3 is 10.6 Å². The van der Waals surface area contributed by atoms with Gasteiger partial charge in [0.1, 0.15) is 5.82 Å². The van der Waals surface area contributed by atoms with Crippen molar-refractivity contribution in [3.8, 4) is 0 Å². The highest BCUT2D eigenvalue weighted by Gasteiger charge is 2.05. The fourth-order valence-electron chi connectivity index (χ4n) is 1.45. The number of halogens is 4. The number of hydrogen-bond donors (Lipinski definition) is 2. The van der Waals surface area contributed by atoms with Crippen molar-refractivity contribution in [2.75, 3.05) is 10.6 Å². The first-order valence-corrected chi connectivity index (χ1v) is 7.39. The van der Waals surface area contributed by atoms with Gasteiger partial charge in [0, 0.05) is 10.2 Å². The quantitative estimate of drug-likeness (QED) is 0.639. The van der Waals surface area contributed by atoms with Crippen molar-refractivity contribution in [3.63, 3.8) is 0 Å². The van der Waals surface area contributed by atoms with Crippen molar-refractivity contribution < 1.29 is 4.39 Å². The Balaban J connectivity index is 2.07. The lowest BCUT2D eigenvalue weighted by molar-refractivity contribution is 0.628. The Morgan fingerprint density at radius 2 is 1.80 bits per heavy atom. The summed E-state index contributed by atoms with van der Waals surface area (Å²) in [6.07, 6.45) is 0. The largest absolute Gasteiger partial charge is 0.332 e. The van der Waals surface area contributed by atoms with Crippen molar-refractivity contribution in [2.45, 2.75) is 0 Å². The van der Waals surface area contributed by atoms with Gasteiger partial charge in [-0.15, -0.1) is 0 Å². The third kappa shape index (κ3) is 4.06. The molecule has 0 aliphatic heterocycles. The molecule has 0 amide bonds. The second-order valence-electron chi connectivity index (χ2n) is 3.83. The van der Waals surface area contributed by atoms with E-state index in [4.69, 9.17) is 35.4 Å². The van der Waals surface area contributed by atoms with E-state index in [1.807, 2.05) is 6.07 Å². The molecule has 2 aromatic rings. The van der Waals surface area contributed by atoms with Gasteiger partial charge in [-0.05, 0) is 48.6 Å². The van der Waals surface area contributed by atoms with Crippen LogP contribution < -0.4 is 10.6 Å². The van der Waals surface area contributed by atoms with Crippen LogP contribution in [0, 0.1) is 5.82 Å². The van der Waals surface area contributed by atoms with Crippen LogP contribution in [0.4, 0.5) is 15.8 Å². The normalized spacial score (nSPS) is 10.2. The Kier molecular flexibility index (Phi) is 5.21. The minimum Gasteiger partial charge on any atom is -0.332 e. The number of hydrogen-bond acceptors (Lipinski definition) is 1. The van der Waals surface area contributed by atoms with Gasteiger partial charge in [0.25, 0.3) is 0 Å². The first kappa shape index (κ1) is 15.5. The zero-order valence-electron chi connectivity index (χ0n) is 9.88. The number of rotatable bonds is 2. The van der Waals surface area contributed by atoms with Gasteiger partial charge in [-0.2, -0.15) is 0 Å². The lowest BCUT2D eigenvalue weighted by Crippen LogP contribution is -2.19. The minimum atomic E-state index is -0.480. The Bertz CT molecular complexity index is 667. The average Bonchev–Trinajstić information content (AvgIpc) is 2.37. The van der Waals surface area contributed by atoms with Gasteiger partial charge in [-0.1, -0.05) is 39.1 Å². The first-order valence-electron chi connectivity index (χ1n) is 5.44. The van der Waals surface area contributed by atoms with E-state index in [9.17, 15) is 4.39 Å². The molecule has 0 unspecified atom stereocenters. The highest BCUT2D eigenvalue weighted by Crippen LogP contribution is 2.26. The molecule has 2 N–H and O–H groups in total. The average molecular weight is 394 g/mol. The van der Waals surface area contributed by atoms with E-state index < -0.39 is 5.82 Å². The van der Waals surface area contributed by atoms with Gasteiger partial charge in [-0.3, -0.25) is 0 Å². The van der Waals surface area contributed by atoms with Crippen molar-refractivity contribution in [1.82, 2.24) is 0 Å². The Hall–Kier alpha value is -0.880. The van der Waals surface area contributed by atoms with Crippen LogP contribution in [0.1, 0.15) is 0 Å². The summed E-state index contributed by atoms with van der Waals surface area (Å²) in [6, 6.07) is 9.64. The van der Waals surface area contributed by atoms with Crippen LogP contribution >= 0.6 is 51.3 Å². The summed E-state index contributed by atoms with van der Waals surface area (Å²) >= 11 is 20.2. The maximum Gasteiger partial charge on any atom is 0.175 e. The monoisotopic (exact) mass is 392 g/mol. The summed E-state index contributed by atoms with van der Waals surface area (Å²) in [4.78, 5) is 0. The van der Waals surface area contributed by atoms with E-state index in [2.05, 4.69) is 26.6 Å². The summed E-state index contributed by atoms with van der Waals surface area (Å²) in [5.41, 5.74) is 1.25. The van der Waals surface area contributed by atoms with Gasteiger partial charge in [-0.25, -0.2) is 4.39 Å². The van der Waals surface area contributed by atoms with Crippen LogP contribution in [-0.2, 0) is 0 Å². The molecule has 0 saturated carbocycles. The highest BCUT2D eigenvalue weighted by molar-refractivity contribution is 9.10. The fraction of sp³-hybridized carbons (Fsp3) is 0. The number of thiocarbonyl (C=S) groups is 1. The summed E-state index contributed by atoms with van der Waals surface area (Å²) in [7, 11) is 0. The third-order valence-corrected chi connectivity index (χ3v) is 3.66. The minimum absolute atomic E-state index is 0.0273. The molecule has 0 fully saturated rings. The van der Waals surface area contributed by atoms with Crippen molar-refractivity contribution in [1.29, 1.82) is 0 Å². The van der Waals surface area contributed by atoms with E-state index in [1.54, 1.807) is 18.2 Å². The van der Waals surface area contributed by atoms with E-state index in [-0.39, 0.29) is 5.02 Å². The molecule has 20 heavy (non-hydrogen) atoms. The second-order valence-corrected chi connectivity index (χ2v) is 5.97. The van der Waals surface area contributed by atoms with Crippen LogP contribution in [0.5, 0.6) is 0 Å². The van der Waals surface area contributed by atoms with Crippen LogP contribution in [-0.4, -0.2) is 5.11 Å². The van der Waals surface area contributed by atoms with E-state index in [1.165, 1.54) is 12.1 Å². The predicted molar refractivity (Wildman–Crippen MR) is 90.4 cm³/mol. The fourth-order valence-corrected chi connectivity index (χ4v) is 2.58. The standard InChI is InChI=1S/C13H8BrCl2FN2S/c14-7-1-4-12(10(16)5-7)19-13(20)18-8-2-3-11(17)9(15)6-8/h1-6H,(H2,18,19,20). The van der Waals surface area contributed by atoms with Crippen LogP contribution in [0.15, 0.2) is 40.9 Å². The van der Waals surface area contributed by atoms with Crippen LogP contribution in [0.25, 0.3) is 0 Å². The topological polar surface area (TPSA) is 24.1 Å². The Morgan fingerprint density at radius 1 is 1.05 bits per heavy atom.